The van der Waals surface area contributed by atoms with E-state index in [0.29, 0.717) is 18.0 Å². The zero-order valence-corrected chi connectivity index (χ0v) is 14.7. The van der Waals surface area contributed by atoms with E-state index in [4.69, 9.17) is 5.73 Å². The largest absolute Gasteiger partial charge is 0.348 e. The number of nitrogens with zero attached hydrogens (tertiary/aromatic N) is 1. The van der Waals surface area contributed by atoms with Crippen molar-refractivity contribution in [3.05, 3.63) is 35.4 Å². The number of nitrogens with one attached hydrogen (secondary N) is 1. The van der Waals surface area contributed by atoms with Gasteiger partial charge >= 0.3 is 0 Å². The van der Waals surface area contributed by atoms with E-state index in [1.54, 1.807) is 18.2 Å². The predicted octanol–water partition coefficient (Wildman–Crippen LogP) is 1.77. The quantitative estimate of drug-likeness (QED) is 0.797. The Morgan fingerprint density at radius 2 is 2.12 bits per heavy atom. The molecule has 1 saturated carbocycles. The van der Waals surface area contributed by atoms with Crippen molar-refractivity contribution in [2.75, 3.05) is 12.3 Å². The van der Waals surface area contributed by atoms with Gasteiger partial charge in [0.1, 0.15) is 0 Å². The molecule has 130 valence electrons. The molecule has 3 rings (SSSR count). The minimum atomic E-state index is -0.234. The van der Waals surface area contributed by atoms with Crippen LogP contribution in [-0.4, -0.2) is 40.3 Å². The molecule has 1 aromatic rings. The molecule has 0 radical (unpaired) electrons. The standard InChI is InChI=1S/C16H19N3O3S.ClH/c17-7-13(11-4-5-11)18-15(21)12-3-1-2-10(6-12)8-19-14(20)9-23-16(19)22;/h1-3,6,11,13H,4-5,7-9,17H2,(H,18,21);1H. The lowest BCUT2D eigenvalue weighted by Crippen LogP contribution is -2.41. The van der Waals surface area contributed by atoms with Gasteiger partial charge in [0, 0.05) is 18.2 Å². The highest BCUT2D eigenvalue weighted by atomic mass is 35.5. The van der Waals surface area contributed by atoms with Crippen molar-refractivity contribution in [2.24, 2.45) is 11.7 Å². The molecular weight excluding hydrogens is 350 g/mol. The fraction of sp³-hybridized carbons (Fsp3) is 0.438. The minimum absolute atomic E-state index is 0. The first-order valence-electron chi connectivity index (χ1n) is 7.65. The molecule has 0 bridgehead atoms. The number of benzene rings is 1. The fourth-order valence-corrected chi connectivity index (χ4v) is 3.37. The summed E-state index contributed by atoms with van der Waals surface area (Å²) < 4.78 is 0. The summed E-state index contributed by atoms with van der Waals surface area (Å²) in [6.45, 7) is 0.638. The second-order valence-electron chi connectivity index (χ2n) is 5.89. The fourth-order valence-electron chi connectivity index (χ4n) is 2.65. The van der Waals surface area contributed by atoms with Gasteiger partial charge in [-0.05, 0) is 36.5 Å². The Kier molecular flexibility index (Phi) is 6.26. The third-order valence-electron chi connectivity index (χ3n) is 4.13. The van der Waals surface area contributed by atoms with Crippen molar-refractivity contribution in [1.29, 1.82) is 0 Å². The molecule has 3 N–H and O–H groups in total. The Labute approximate surface area is 150 Å². The van der Waals surface area contributed by atoms with Gasteiger partial charge in [-0.25, -0.2) is 0 Å². The smallest absolute Gasteiger partial charge is 0.289 e. The molecule has 2 aliphatic rings. The Bertz CT molecular complexity index is 635. The highest BCUT2D eigenvalue weighted by molar-refractivity contribution is 8.14. The van der Waals surface area contributed by atoms with Gasteiger partial charge in [-0.3, -0.25) is 19.3 Å². The average molecular weight is 370 g/mol. The zero-order valence-electron chi connectivity index (χ0n) is 13.1. The SMILES string of the molecule is Cl.NCC(NC(=O)c1cccc(CN2C(=O)CSC2=O)c1)C1CC1. The van der Waals surface area contributed by atoms with E-state index in [0.717, 1.165) is 30.2 Å². The normalized spacial score (nSPS) is 18.3. The molecule has 1 aromatic carbocycles. The number of nitrogens with two attached hydrogens (primary N) is 1. The molecular formula is C16H20ClN3O3S. The van der Waals surface area contributed by atoms with Crippen LogP contribution in [-0.2, 0) is 11.3 Å². The molecule has 8 heteroatoms. The van der Waals surface area contributed by atoms with Crippen molar-refractivity contribution in [3.8, 4) is 0 Å². The van der Waals surface area contributed by atoms with E-state index in [-0.39, 0.29) is 47.8 Å². The Morgan fingerprint density at radius 1 is 1.38 bits per heavy atom. The van der Waals surface area contributed by atoms with Crippen LogP contribution in [0.15, 0.2) is 24.3 Å². The second kappa shape index (κ2) is 8.00. The molecule has 1 aliphatic carbocycles. The first-order chi connectivity index (χ1) is 11.1. The molecule has 3 amide bonds. The summed E-state index contributed by atoms with van der Waals surface area (Å²) in [5, 5.41) is 2.73. The number of carbonyl (C=O) groups excluding carboxylic acids is 3. The zero-order chi connectivity index (χ0) is 16.4. The number of thioether (sulfide) groups is 1. The van der Waals surface area contributed by atoms with Crippen molar-refractivity contribution < 1.29 is 14.4 Å². The van der Waals surface area contributed by atoms with Gasteiger partial charge in [0.25, 0.3) is 11.1 Å². The Balaban J connectivity index is 0.00000208. The van der Waals surface area contributed by atoms with Crippen molar-refractivity contribution in [1.82, 2.24) is 10.2 Å². The van der Waals surface area contributed by atoms with Gasteiger partial charge in [-0.2, -0.15) is 0 Å². The molecule has 6 nitrogen and oxygen atoms in total. The van der Waals surface area contributed by atoms with Crippen LogP contribution in [0.5, 0.6) is 0 Å². The summed E-state index contributed by atoms with van der Waals surface area (Å²) in [6, 6.07) is 7.03. The van der Waals surface area contributed by atoms with Crippen molar-refractivity contribution in [2.45, 2.75) is 25.4 Å². The maximum absolute atomic E-state index is 12.3. The van der Waals surface area contributed by atoms with E-state index < -0.39 is 0 Å². The summed E-state index contributed by atoms with van der Waals surface area (Å²) in [5.74, 6) is 0.330. The Hall–Kier alpha value is -1.57. The molecule has 0 aromatic heterocycles. The predicted molar refractivity (Wildman–Crippen MR) is 95.1 cm³/mol. The lowest BCUT2D eigenvalue weighted by Gasteiger charge is -2.17. The molecule has 0 spiro atoms. The second-order valence-corrected chi connectivity index (χ2v) is 6.81. The average Bonchev–Trinajstić information content (AvgIpc) is 3.35. The number of halogens is 1. The molecule has 1 atom stereocenters. The summed E-state index contributed by atoms with van der Waals surface area (Å²) in [5.41, 5.74) is 6.99. The van der Waals surface area contributed by atoms with Crippen LogP contribution in [0.4, 0.5) is 4.79 Å². The monoisotopic (exact) mass is 369 g/mol. The van der Waals surface area contributed by atoms with E-state index in [1.807, 2.05) is 6.07 Å². The van der Waals surface area contributed by atoms with Crippen molar-refractivity contribution in [3.63, 3.8) is 0 Å². The van der Waals surface area contributed by atoms with E-state index in [2.05, 4.69) is 5.32 Å². The number of carbonyl (C=O) groups is 3. The first-order valence-corrected chi connectivity index (χ1v) is 8.64. The van der Waals surface area contributed by atoms with E-state index in [9.17, 15) is 14.4 Å². The first kappa shape index (κ1) is 18.8. The van der Waals surface area contributed by atoms with Crippen LogP contribution in [0.2, 0.25) is 0 Å². The molecule has 2 fully saturated rings. The highest BCUT2D eigenvalue weighted by Crippen LogP contribution is 2.32. The lowest BCUT2D eigenvalue weighted by atomic mass is 10.1. The molecule has 1 unspecified atom stereocenters. The minimum Gasteiger partial charge on any atom is -0.348 e. The maximum Gasteiger partial charge on any atom is 0.289 e. The van der Waals surface area contributed by atoms with Crippen molar-refractivity contribution >= 4 is 41.2 Å². The van der Waals surface area contributed by atoms with Crippen LogP contribution in [0.1, 0.15) is 28.8 Å². The molecule has 1 saturated heterocycles. The lowest BCUT2D eigenvalue weighted by molar-refractivity contribution is -0.125. The van der Waals surface area contributed by atoms with Crippen LogP contribution in [0.25, 0.3) is 0 Å². The summed E-state index contributed by atoms with van der Waals surface area (Å²) in [6.07, 6.45) is 2.22. The third kappa shape index (κ3) is 4.28. The number of amides is 3. The van der Waals surface area contributed by atoms with Gasteiger partial charge in [0.15, 0.2) is 0 Å². The third-order valence-corrected chi connectivity index (χ3v) is 4.99. The topological polar surface area (TPSA) is 92.5 Å². The summed E-state index contributed by atoms with van der Waals surface area (Å²) >= 11 is 1.01. The van der Waals surface area contributed by atoms with Gasteiger partial charge in [-0.15, -0.1) is 12.4 Å². The number of hydrogen-bond acceptors (Lipinski definition) is 5. The summed E-state index contributed by atoms with van der Waals surface area (Å²) in [7, 11) is 0. The van der Waals surface area contributed by atoms with Gasteiger partial charge < -0.3 is 11.1 Å². The molecule has 24 heavy (non-hydrogen) atoms. The summed E-state index contributed by atoms with van der Waals surface area (Å²) in [4.78, 5) is 36.9. The molecule has 1 aliphatic heterocycles. The maximum atomic E-state index is 12.3. The van der Waals surface area contributed by atoms with Gasteiger partial charge in [-0.1, -0.05) is 23.9 Å². The number of imide groups is 1. The van der Waals surface area contributed by atoms with Crippen LogP contribution < -0.4 is 11.1 Å². The number of rotatable bonds is 6. The van der Waals surface area contributed by atoms with Crippen LogP contribution in [0.3, 0.4) is 0 Å². The Morgan fingerprint density at radius 3 is 2.71 bits per heavy atom. The van der Waals surface area contributed by atoms with E-state index in [1.165, 1.54) is 4.90 Å². The van der Waals surface area contributed by atoms with Gasteiger partial charge in [0.05, 0.1) is 12.3 Å². The van der Waals surface area contributed by atoms with Crippen LogP contribution >= 0.6 is 24.2 Å². The van der Waals surface area contributed by atoms with Crippen LogP contribution in [0, 0.1) is 5.92 Å². The van der Waals surface area contributed by atoms with Gasteiger partial charge in [0.2, 0.25) is 5.91 Å². The highest BCUT2D eigenvalue weighted by Gasteiger charge is 2.32. The van der Waals surface area contributed by atoms with E-state index >= 15 is 0 Å². The number of hydrogen-bond donors (Lipinski definition) is 2. The molecule has 1 heterocycles.